The van der Waals surface area contributed by atoms with E-state index in [9.17, 15) is 14.7 Å². The number of likely N-dealkylation sites (tertiary alicyclic amines) is 1. The Bertz CT molecular complexity index is 1320. The summed E-state index contributed by atoms with van der Waals surface area (Å²) in [6.45, 7) is 3.18. The van der Waals surface area contributed by atoms with Gasteiger partial charge in [-0.25, -0.2) is 4.98 Å². The molecule has 2 aromatic carbocycles. The van der Waals surface area contributed by atoms with Gasteiger partial charge in [-0.2, -0.15) is 0 Å². The molecule has 8 nitrogen and oxygen atoms in total. The molecule has 2 heterocycles. The molecule has 1 N–H and O–H groups in total. The Morgan fingerprint density at radius 1 is 1.13 bits per heavy atom. The molecule has 9 heteroatoms. The van der Waals surface area contributed by atoms with E-state index in [0.717, 1.165) is 56.8 Å². The lowest BCUT2D eigenvalue weighted by atomic mass is 9.80. The van der Waals surface area contributed by atoms with Crippen LogP contribution in [0.1, 0.15) is 35.4 Å². The van der Waals surface area contributed by atoms with Gasteiger partial charge < -0.3 is 29.2 Å². The number of carbonyl (C=O) groups excluding carboxylic acids is 2. The zero-order valence-electron chi connectivity index (χ0n) is 22.2. The number of carbonyl (C=O) groups is 2. The molecule has 202 valence electrons. The van der Waals surface area contributed by atoms with Crippen molar-refractivity contribution >= 4 is 33.4 Å². The number of fused-ring (bicyclic) bond motifs is 2. The Labute approximate surface area is 227 Å². The van der Waals surface area contributed by atoms with Gasteiger partial charge in [0.05, 0.1) is 63.1 Å². The lowest BCUT2D eigenvalue weighted by Crippen LogP contribution is -2.46. The molecule has 1 amide bonds. The second-order valence-electron chi connectivity index (χ2n) is 11.3. The Hall–Kier alpha value is -3.17. The Morgan fingerprint density at radius 2 is 1.82 bits per heavy atom. The third kappa shape index (κ3) is 5.63. The lowest BCUT2D eigenvalue weighted by molar-refractivity contribution is -0.896. The van der Waals surface area contributed by atoms with Gasteiger partial charge in [-0.1, -0.05) is 24.3 Å². The summed E-state index contributed by atoms with van der Waals surface area (Å²) >= 11 is 1.47. The summed E-state index contributed by atoms with van der Waals surface area (Å²) in [6, 6.07) is 11.6. The largest absolute Gasteiger partial charge is 0.550 e. The van der Waals surface area contributed by atoms with E-state index >= 15 is 0 Å². The number of methoxy groups -OCH3 is 1. The average molecular weight is 538 g/mol. The Morgan fingerprint density at radius 3 is 2.45 bits per heavy atom. The normalized spacial score (nSPS) is 18.2. The van der Waals surface area contributed by atoms with Crippen molar-refractivity contribution in [2.24, 2.45) is 11.3 Å². The first-order valence-electron chi connectivity index (χ1n) is 13.1. The monoisotopic (exact) mass is 537 g/mol. The van der Waals surface area contributed by atoms with Gasteiger partial charge in [-0.15, -0.1) is 11.3 Å². The van der Waals surface area contributed by atoms with Gasteiger partial charge in [0.15, 0.2) is 11.5 Å². The SMILES string of the molecule is COc1cc2sc(CNC(=O)C3(CC(=O)[O-])Cc4ccccc4C3)nc2cc1OCC1CC[N+](C)(C)CC1. The number of benzene rings is 2. The molecule has 1 saturated heterocycles. The van der Waals surface area contributed by atoms with Crippen LogP contribution in [0.2, 0.25) is 0 Å². The molecule has 1 aliphatic heterocycles. The van der Waals surface area contributed by atoms with E-state index in [-0.39, 0.29) is 18.9 Å². The van der Waals surface area contributed by atoms with Crippen LogP contribution in [-0.4, -0.2) is 62.2 Å². The fourth-order valence-electron chi connectivity index (χ4n) is 5.71. The number of aliphatic carboxylic acids is 1. The quantitative estimate of drug-likeness (QED) is 0.422. The molecule has 0 unspecified atom stereocenters. The number of carboxylic acid groups (broad SMARTS) is 1. The van der Waals surface area contributed by atoms with E-state index in [1.165, 1.54) is 11.3 Å². The highest BCUT2D eigenvalue weighted by Crippen LogP contribution is 2.40. The number of nitrogens with zero attached hydrogens (tertiary/aromatic N) is 2. The van der Waals surface area contributed by atoms with Crippen molar-refractivity contribution in [2.45, 2.75) is 38.6 Å². The molecule has 0 spiro atoms. The highest BCUT2D eigenvalue weighted by Gasteiger charge is 2.43. The molecule has 2 aliphatic rings. The number of aromatic nitrogens is 1. The summed E-state index contributed by atoms with van der Waals surface area (Å²) in [5, 5.41) is 15.2. The maximum atomic E-state index is 13.3. The van der Waals surface area contributed by atoms with Crippen LogP contribution >= 0.6 is 11.3 Å². The minimum absolute atomic E-state index is 0.220. The van der Waals surface area contributed by atoms with Gasteiger partial charge in [0.1, 0.15) is 5.01 Å². The van der Waals surface area contributed by atoms with E-state index in [1.807, 2.05) is 36.4 Å². The van der Waals surface area contributed by atoms with E-state index < -0.39 is 11.4 Å². The van der Waals surface area contributed by atoms with E-state index in [2.05, 4.69) is 19.4 Å². The molecular weight excluding hydrogens is 502 g/mol. The predicted molar refractivity (Wildman–Crippen MR) is 144 cm³/mol. The second-order valence-corrected chi connectivity index (χ2v) is 12.5. The zero-order chi connectivity index (χ0) is 26.9. The van der Waals surface area contributed by atoms with Crippen LogP contribution in [-0.2, 0) is 29.0 Å². The molecule has 5 rings (SSSR count). The molecular formula is C29H35N3O5S. The number of ether oxygens (including phenoxy) is 2. The van der Waals surface area contributed by atoms with E-state index in [1.54, 1.807) is 7.11 Å². The Balaban J connectivity index is 1.26. The van der Waals surface area contributed by atoms with Crippen molar-refractivity contribution < 1.29 is 28.7 Å². The molecule has 1 aliphatic carbocycles. The first-order chi connectivity index (χ1) is 18.2. The summed E-state index contributed by atoms with van der Waals surface area (Å²) in [6.07, 6.45) is 2.74. The maximum Gasteiger partial charge on any atom is 0.227 e. The number of quaternary nitrogens is 1. The van der Waals surface area contributed by atoms with Crippen LogP contribution in [0, 0.1) is 11.3 Å². The number of amides is 1. The minimum Gasteiger partial charge on any atom is -0.550 e. The molecule has 1 fully saturated rings. The maximum absolute atomic E-state index is 13.3. The standard InChI is InChI=1S/C29H35N3O5S/c1-32(2)10-8-19(9-11-32)18-37-24-12-22-25(13-23(24)36-3)38-26(31-22)17-30-28(35)29(16-27(33)34)14-20-6-4-5-7-21(20)15-29/h4-7,12-13,19H,8-11,14-18H2,1-3H3,(H-,30,33,34,35). The topological polar surface area (TPSA) is 101 Å². The third-order valence-electron chi connectivity index (χ3n) is 8.02. The summed E-state index contributed by atoms with van der Waals surface area (Å²) in [5.74, 6) is 0.367. The molecule has 0 atom stereocenters. The number of hydrogen-bond acceptors (Lipinski definition) is 7. The van der Waals surface area contributed by atoms with Crippen LogP contribution in [0.15, 0.2) is 36.4 Å². The average Bonchev–Trinajstić information content (AvgIpc) is 3.46. The third-order valence-corrected chi connectivity index (χ3v) is 9.04. The van der Waals surface area contributed by atoms with Gasteiger partial charge in [-0.05, 0) is 24.0 Å². The van der Waals surface area contributed by atoms with Gasteiger partial charge in [0.25, 0.3) is 0 Å². The van der Waals surface area contributed by atoms with E-state index in [0.29, 0.717) is 36.9 Å². The van der Waals surface area contributed by atoms with Crippen LogP contribution in [0.25, 0.3) is 10.2 Å². The summed E-state index contributed by atoms with van der Waals surface area (Å²) in [4.78, 5) is 29.6. The van der Waals surface area contributed by atoms with Crippen LogP contribution in [0.4, 0.5) is 0 Å². The van der Waals surface area contributed by atoms with Crippen molar-refractivity contribution in [2.75, 3.05) is 40.9 Å². The number of nitrogens with one attached hydrogen (secondary N) is 1. The van der Waals surface area contributed by atoms with Crippen LogP contribution in [0.3, 0.4) is 0 Å². The number of carboxylic acids is 1. The fraction of sp³-hybridized carbons (Fsp3) is 0.483. The first kappa shape index (κ1) is 26.4. The molecule has 38 heavy (non-hydrogen) atoms. The van der Waals surface area contributed by atoms with Crippen LogP contribution in [0.5, 0.6) is 11.5 Å². The predicted octanol–water partition coefficient (Wildman–Crippen LogP) is 2.71. The highest BCUT2D eigenvalue weighted by atomic mass is 32.1. The van der Waals surface area contributed by atoms with Crippen molar-refractivity contribution in [3.8, 4) is 11.5 Å². The van der Waals surface area contributed by atoms with Crippen LogP contribution < -0.4 is 19.9 Å². The first-order valence-corrected chi connectivity index (χ1v) is 14.0. The molecule has 1 aromatic heterocycles. The molecule has 0 bridgehead atoms. The van der Waals surface area contributed by atoms with Crippen molar-refractivity contribution in [1.29, 1.82) is 0 Å². The molecule has 0 saturated carbocycles. The van der Waals surface area contributed by atoms with Crippen molar-refractivity contribution in [1.82, 2.24) is 10.3 Å². The van der Waals surface area contributed by atoms with Gasteiger partial charge >= 0.3 is 0 Å². The lowest BCUT2D eigenvalue weighted by Gasteiger charge is -2.37. The summed E-state index contributed by atoms with van der Waals surface area (Å²) in [5.41, 5.74) is 1.77. The smallest absolute Gasteiger partial charge is 0.227 e. The fourth-order valence-corrected chi connectivity index (χ4v) is 6.62. The van der Waals surface area contributed by atoms with Crippen molar-refractivity contribution in [3.63, 3.8) is 0 Å². The van der Waals surface area contributed by atoms with Crippen molar-refractivity contribution in [3.05, 3.63) is 52.5 Å². The Kier molecular flexibility index (Phi) is 7.33. The second kappa shape index (κ2) is 10.5. The van der Waals surface area contributed by atoms with Gasteiger partial charge in [-0.3, -0.25) is 4.79 Å². The zero-order valence-corrected chi connectivity index (χ0v) is 23.1. The number of rotatable bonds is 9. The molecule has 3 aromatic rings. The van der Waals surface area contributed by atoms with Gasteiger partial charge in [0.2, 0.25) is 5.91 Å². The summed E-state index contributed by atoms with van der Waals surface area (Å²) < 4.78 is 13.8. The number of piperidine rings is 1. The summed E-state index contributed by atoms with van der Waals surface area (Å²) in [7, 11) is 6.17. The van der Waals surface area contributed by atoms with E-state index in [4.69, 9.17) is 14.5 Å². The molecule has 0 radical (unpaired) electrons. The minimum atomic E-state index is -1.22. The number of hydrogen-bond donors (Lipinski definition) is 1. The number of thiazole rings is 1. The van der Waals surface area contributed by atoms with Gasteiger partial charge in [0, 0.05) is 43.3 Å². The highest BCUT2D eigenvalue weighted by molar-refractivity contribution is 7.18.